The zero-order valence-corrected chi connectivity index (χ0v) is 10.3. The maximum absolute atomic E-state index is 12.0. The maximum atomic E-state index is 12.0. The fraction of sp³-hybridized carbons (Fsp3) is 0.429. The van der Waals surface area contributed by atoms with Crippen molar-refractivity contribution in [1.29, 1.82) is 0 Å². The molecule has 0 bridgehead atoms. The first-order valence-electron chi connectivity index (χ1n) is 5.92. The van der Waals surface area contributed by atoms with Gasteiger partial charge >= 0.3 is 0 Å². The van der Waals surface area contributed by atoms with Crippen molar-refractivity contribution in [1.82, 2.24) is 0 Å². The lowest BCUT2D eigenvalue weighted by molar-refractivity contribution is -0.281. The largest absolute Gasteiger partial charge is 0.353 e. The average molecular weight is 246 g/mol. The maximum Gasteiger partial charge on any atom is 0.229 e. The Hall–Kier alpha value is -1.52. The fourth-order valence-corrected chi connectivity index (χ4v) is 3.18. The second kappa shape index (κ2) is 3.73. The van der Waals surface area contributed by atoms with Gasteiger partial charge in [0.1, 0.15) is 0 Å². The van der Waals surface area contributed by atoms with Crippen molar-refractivity contribution < 1.29 is 19.1 Å². The molecule has 0 heterocycles. The molecular formula is C14H14O4. The second-order valence-corrected chi connectivity index (χ2v) is 4.79. The Morgan fingerprint density at radius 1 is 1.17 bits per heavy atom. The van der Waals surface area contributed by atoms with Crippen LogP contribution in [0.15, 0.2) is 24.3 Å². The van der Waals surface area contributed by atoms with E-state index in [9.17, 15) is 9.59 Å². The highest BCUT2D eigenvalue weighted by Crippen LogP contribution is 2.56. The summed E-state index contributed by atoms with van der Waals surface area (Å²) in [4.78, 5) is 24.0. The highest BCUT2D eigenvalue weighted by molar-refractivity contribution is 6.46. The van der Waals surface area contributed by atoms with Crippen molar-refractivity contribution in [2.45, 2.75) is 18.1 Å². The third-order valence-electron chi connectivity index (χ3n) is 4.17. The van der Waals surface area contributed by atoms with Gasteiger partial charge in [-0.05, 0) is 5.56 Å². The first-order chi connectivity index (χ1) is 8.64. The molecule has 3 rings (SSSR count). The van der Waals surface area contributed by atoms with Crippen LogP contribution in [0, 0.1) is 5.92 Å². The number of benzene rings is 1. The molecular weight excluding hydrogens is 232 g/mol. The number of Topliss-reactive ketones (excluding diaryl/α,β-unsaturated/α-hetero) is 2. The minimum Gasteiger partial charge on any atom is -0.353 e. The summed E-state index contributed by atoms with van der Waals surface area (Å²) in [6.45, 7) is 0. The molecule has 94 valence electrons. The first-order valence-corrected chi connectivity index (χ1v) is 5.92. The van der Waals surface area contributed by atoms with Crippen LogP contribution in [-0.4, -0.2) is 31.6 Å². The summed E-state index contributed by atoms with van der Waals surface area (Å²) in [6, 6.07) is 7.21. The Bertz CT molecular complexity index is 530. The Kier molecular flexibility index (Phi) is 2.40. The summed E-state index contributed by atoms with van der Waals surface area (Å²) in [5.41, 5.74) is 1.35. The quantitative estimate of drug-likeness (QED) is 0.586. The van der Waals surface area contributed by atoms with Crippen LogP contribution < -0.4 is 0 Å². The first kappa shape index (κ1) is 11.6. The molecule has 2 unspecified atom stereocenters. The second-order valence-electron chi connectivity index (χ2n) is 4.79. The van der Waals surface area contributed by atoms with Crippen molar-refractivity contribution >= 4 is 11.6 Å². The van der Waals surface area contributed by atoms with Crippen molar-refractivity contribution in [2.75, 3.05) is 14.2 Å². The molecule has 4 nitrogen and oxygen atoms in total. The van der Waals surface area contributed by atoms with Crippen molar-refractivity contribution in [3.8, 4) is 0 Å². The van der Waals surface area contributed by atoms with Gasteiger partial charge in [-0.1, -0.05) is 24.3 Å². The average Bonchev–Trinajstić information content (AvgIpc) is 2.37. The number of carbonyl (C=O) groups is 2. The lowest BCUT2D eigenvalue weighted by Crippen LogP contribution is -2.60. The normalized spacial score (nSPS) is 28.3. The van der Waals surface area contributed by atoms with Gasteiger partial charge in [-0.2, -0.15) is 0 Å². The van der Waals surface area contributed by atoms with Crippen LogP contribution in [0.3, 0.4) is 0 Å². The molecule has 2 aliphatic rings. The van der Waals surface area contributed by atoms with Crippen LogP contribution in [0.2, 0.25) is 0 Å². The van der Waals surface area contributed by atoms with E-state index in [-0.39, 0.29) is 23.4 Å². The number of ether oxygens (including phenoxy) is 2. The fourth-order valence-electron chi connectivity index (χ4n) is 3.18. The number of rotatable bonds is 2. The number of hydrogen-bond acceptors (Lipinski definition) is 4. The van der Waals surface area contributed by atoms with Crippen LogP contribution in [0.5, 0.6) is 0 Å². The zero-order valence-electron chi connectivity index (χ0n) is 10.3. The van der Waals surface area contributed by atoms with Gasteiger partial charge in [0.25, 0.3) is 0 Å². The van der Waals surface area contributed by atoms with E-state index >= 15 is 0 Å². The highest BCUT2D eigenvalue weighted by atomic mass is 16.7. The predicted molar refractivity (Wildman–Crippen MR) is 63.4 cm³/mol. The minimum absolute atomic E-state index is 0.172. The van der Waals surface area contributed by atoms with Crippen molar-refractivity contribution in [3.63, 3.8) is 0 Å². The Balaban J connectivity index is 2.15. The van der Waals surface area contributed by atoms with E-state index in [2.05, 4.69) is 0 Å². The molecule has 0 radical (unpaired) electrons. The molecule has 1 fully saturated rings. The molecule has 0 aromatic heterocycles. The molecule has 0 spiro atoms. The van der Waals surface area contributed by atoms with Crippen molar-refractivity contribution in [3.05, 3.63) is 35.4 Å². The monoisotopic (exact) mass is 246 g/mol. The number of fused-ring (bicyclic) bond motifs is 3. The topological polar surface area (TPSA) is 52.6 Å². The van der Waals surface area contributed by atoms with E-state index < -0.39 is 5.79 Å². The van der Waals surface area contributed by atoms with E-state index in [4.69, 9.17) is 9.47 Å². The van der Waals surface area contributed by atoms with Gasteiger partial charge < -0.3 is 9.47 Å². The molecule has 1 aromatic rings. The highest BCUT2D eigenvalue weighted by Gasteiger charge is 2.62. The van der Waals surface area contributed by atoms with E-state index in [0.717, 1.165) is 5.56 Å². The number of methoxy groups -OCH3 is 2. The van der Waals surface area contributed by atoms with Gasteiger partial charge in [-0.3, -0.25) is 9.59 Å². The van der Waals surface area contributed by atoms with Gasteiger partial charge in [0.15, 0.2) is 5.79 Å². The molecule has 18 heavy (non-hydrogen) atoms. The van der Waals surface area contributed by atoms with E-state index in [1.165, 1.54) is 0 Å². The molecule has 2 atom stereocenters. The molecule has 0 amide bonds. The summed E-state index contributed by atoms with van der Waals surface area (Å²) in [7, 11) is 3.15. The van der Waals surface area contributed by atoms with E-state index in [1.807, 2.05) is 12.1 Å². The summed E-state index contributed by atoms with van der Waals surface area (Å²) >= 11 is 0. The van der Waals surface area contributed by atoms with Crippen LogP contribution in [0.25, 0.3) is 0 Å². The van der Waals surface area contributed by atoms with Crippen molar-refractivity contribution in [2.24, 2.45) is 5.92 Å². The van der Waals surface area contributed by atoms with Crippen LogP contribution >= 0.6 is 0 Å². The van der Waals surface area contributed by atoms with E-state index in [1.54, 1.807) is 26.4 Å². The molecule has 0 saturated heterocycles. The SMILES string of the molecule is COC1(OC)CC2C(=O)C(=O)c3ccccc3C21. The lowest BCUT2D eigenvalue weighted by atomic mass is 9.58. The summed E-state index contributed by atoms with van der Waals surface area (Å²) in [6.07, 6.45) is 0.448. The summed E-state index contributed by atoms with van der Waals surface area (Å²) < 4.78 is 10.9. The van der Waals surface area contributed by atoms with Gasteiger partial charge in [0, 0.05) is 38.0 Å². The van der Waals surface area contributed by atoms with Gasteiger partial charge in [-0.15, -0.1) is 0 Å². The Morgan fingerprint density at radius 2 is 1.83 bits per heavy atom. The number of carbonyl (C=O) groups excluding carboxylic acids is 2. The standard InChI is InChI=1S/C14H14O4/c1-17-14(18-2)7-10-11(14)8-5-3-4-6-9(8)12(15)13(10)16/h3-6,10-11H,7H2,1-2H3. The molecule has 4 heteroatoms. The zero-order chi connectivity index (χ0) is 12.9. The predicted octanol–water partition coefficient (Wildman–Crippen LogP) is 1.54. The third-order valence-corrected chi connectivity index (χ3v) is 4.17. The molecule has 0 aliphatic heterocycles. The van der Waals surface area contributed by atoms with Crippen LogP contribution in [0.4, 0.5) is 0 Å². The van der Waals surface area contributed by atoms with Gasteiger partial charge in [0.2, 0.25) is 11.6 Å². The molecule has 1 saturated carbocycles. The Morgan fingerprint density at radius 3 is 2.50 bits per heavy atom. The summed E-state index contributed by atoms with van der Waals surface area (Å²) in [5, 5.41) is 0. The minimum atomic E-state index is -0.767. The van der Waals surface area contributed by atoms with Crippen LogP contribution in [-0.2, 0) is 14.3 Å². The third kappa shape index (κ3) is 1.22. The lowest BCUT2D eigenvalue weighted by Gasteiger charge is -2.53. The molecule has 2 aliphatic carbocycles. The van der Waals surface area contributed by atoms with Gasteiger partial charge in [-0.25, -0.2) is 0 Å². The van der Waals surface area contributed by atoms with Gasteiger partial charge in [0.05, 0.1) is 0 Å². The Labute approximate surface area is 105 Å². The number of ketones is 2. The molecule has 0 N–H and O–H groups in total. The smallest absolute Gasteiger partial charge is 0.229 e. The van der Waals surface area contributed by atoms with Crippen LogP contribution in [0.1, 0.15) is 28.3 Å². The van der Waals surface area contributed by atoms with E-state index in [0.29, 0.717) is 12.0 Å². The summed E-state index contributed by atoms with van der Waals surface area (Å²) in [5.74, 6) is -1.94. The molecule has 1 aromatic carbocycles. The number of hydrogen-bond donors (Lipinski definition) is 0.